The molecule has 1 amide bonds. The Hall–Kier alpha value is -1.10. The van der Waals surface area contributed by atoms with E-state index >= 15 is 0 Å². The zero-order valence-corrected chi connectivity index (χ0v) is 13.6. The minimum absolute atomic E-state index is 0.0937. The molecule has 0 radical (unpaired) electrons. The zero-order valence-electron chi connectivity index (χ0n) is 13.6. The lowest BCUT2D eigenvalue weighted by Gasteiger charge is -2.26. The largest absolute Gasteiger partial charge is 0.481 e. The second-order valence-electron chi connectivity index (χ2n) is 7.54. The maximum absolute atomic E-state index is 12.2. The Labute approximate surface area is 127 Å². The summed E-state index contributed by atoms with van der Waals surface area (Å²) in [6, 6.07) is 0.404. The van der Waals surface area contributed by atoms with Gasteiger partial charge in [-0.2, -0.15) is 0 Å². The molecule has 2 rings (SSSR count). The first-order chi connectivity index (χ1) is 9.75. The topological polar surface area (TPSA) is 69.6 Å². The molecule has 1 aliphatic carbocycles. The number of likely N-dealkylation sites (tertiary alicyclic amines) is 1. The molecule has 5 nitrogen and oxygen atoms in total. The van der Waals surface area contributed by atoms with Crippen LogP contribution in [0.15, 0.2) is 0 Å². The zero-order chi connectivity index (χ0) is 15.8. The Balaban J connectivity index is 1.83. The summed E-state index contributed by atoms with van der Waals surface area (Å²) in [5, 5.41) is 12.1. The summed E-state index contributed by atoms with van der Waals surface area (Å²) in [5.74, 6) is -1.24. The second-order valence-corrected chi connectivity index (χ2v) is 7.54. The smallest absolute Gasteiger partial charge is 0.307 e. The summed E-state index contributed by atoms with van der Waals surface area (Å²) in [7, 11) is 0. The number of nitrogens with one attached hydrogen (secondary N) is 1. The van der Waals surface area contributed by atoms with E-state index in [0.717, 1.165) is 19.5 Å². The number of aliphatic carboxylic acids is 1. The molecule has 1 aliphatic heterocycles. The molecule has 5 heteroatoms. The number of nitrogens with zero attached hydrogens (tertiary/aromatic N) is 1. The highest BCUT2D eigenvalue weighted by atomic mass is 16.4. The predicted molar refractivity (Wildman–Crippen MR) is 80.8 cm³/mol. The van der Waals surface area contributed by atoms with Gasteiger partial charge in [0.2, 0.25) is 5.91 Å². The van der Waals surface area contributed by atoms with Gasteiger partial charge in [0.15, 0.2) is 0 Å². The van der Waals surface area contributed by atoms with Gasteiger partial charge >= 0.3 is 5.97 Å². The van der Waals surface area contributed by atoms with Crippen LogP contribution >= 0.6 is 0 Å². The molecule has 0 aromatic rings. The summed E-state index contributed by atoms with van der Waals surface area (Å²) >= 11 is 0. The number of carboxylic acid groups (broad SMARTS) is 1. The van der Waals surface area contributed by atoms with Crippen molar-refractivity contribution in [3.63, 3.8) is 0 Å². The quantitative estimate of drug-likeness (QED) is 0.781. The van der Waals surface area contributed by atoms with Crippen LogP contribution in [0.1, 0.15) is 40.5 Å². The van der Waals surface area contributed by atoms with E-state index in [4.69, 9.17) is 5.11 Å². The molecule has 3 atom stereocenters. The van der Waals surface area contributed by atoms with Crippen LogP contribution in [0.5, 0.6) is 0 Å². The molecule has 0 bridgehead atoms. The van der Waals surface area contributed by atoms with Gasteiger partial charge in [0.05, 0.1) is 11.8 Å². The highest BCUT2D eigenvalue weighted by molar-refractivity contribution is 5.91. The molecule has 1 saturated carbocycles. The van der Waals surface area contributed by atoms with Crippen molar-refractivity contribution in [1.82, 2.24) is 10.2 Å². The van der Waals surface area contributed by atoms with Crippen molar-refractivity contribution in [1.29, 1.82) is 0 Å². The van der Waals surface area contributed by atoms with Gasteiger partial charge < -0.3 is 10.4 Å². The van der Waals surface area contributed by atoms with Crippen LogP contribution in [0, 0.1) is 23.2 Å². The minimum atomic E-state index is -0.859. The Morgan fingerprint density at radius 2 is 2.00 bits per heavy atom. The Morgan fingerprint density at radius 3 is 2.52 bits per heavy atom. The summed E-state index contributed by atoms with van der Waals surface area (Å²) in [6.07, 6.45) is 2.29. The van der Waals surface area contributed by atoms with E-state index in [9.17, 15) is 9.59 Å². The molecule has 2 fully saturated rings. The number of carbonyl (C=O) groups excluding carboxylic acids is 1. The molecule has 0 aromatic carbocycles. The summed E-state index contributed by atoms with van der Waals surface area (Å²) in [6.45, 7) is 10.9. The van der Waals surface area contributed by atoms with E-state index in [-0.39, 0.29) is 11.8 Å². The Kier molecular flexibility index (Phi) is 4.61. The van der Waals surface area contributed by atoms with Crippen molar-refractivity contribution in [2.24, 2.45) is 23.2 Å². The van der Waals surface area contributed by atoms with Crippen molar-refractivity contribution >= 4 is 11.9 Å². The van der Waals surface area contributed by atoms with Gasteiger partial charge in [-0.3, -0.25) is 14.5 Å². The fraction of sp³-hybridized carbons (Fsp3) is 0.875. The van der Waals surface area contributed by atoms with Gasteiger partial charge in [0.25, 0.3) is 0 Å². The second kappa shape index (κ2) is 5.95. The number of amides is 1. The molecule has 1 heterocycles. The lowest BCUT2D eigenvalue weighted by molar-refractivity contribution is -0.140. The normalized spacial score (nSPS) is 31.4. The van der Waals surface area contributed by atoms with Gasteiger partial charge in [-0.25, -0.2) is 0 Å². The molecular formula is C16H28N2O3. The third-order valence-electron chi connectivity index (χ3n) is 4.99. The van der Waals surface area contributed by atoms with E-state index in [1.54, 1.807) is 0 Å². The van der Waals surface area contributed by atoms with E-state index in [0.29, 0.717) is 18.5 Å². The molecular weight excluding hydrogens is 268 g/mol. The molecule has 21 heavy (non-hydrogen) atoms. The van der Waals surface area contributed by atoms with Crippen LogP contribution in [0.3, 0.4) is 0 Å². The molecule has 2 aliphatic rings. The Morgan fingerprint density at radius 1 is 1.33 bits per heavy atom. The average Bonchev–Trinajstić information content (AvgIpc) is 2.72. The van der Waals surface area contributed by atoms with Crippen molar-refractivity contribution in [2.75, 3.05) is 19.6 Å². The maximum Gasteiger partial charge on any atom is 0.307 e. The van der Waals surface area contributed by atoms with Crippen molar-refractivity contribution < 1.29 is 14.7 Å². The van der Waals surface area contributed by atoms with Crippen LogP contribution in [-0.2, 0) is 9.59 Å². The summed E-state index contributed by atoms with van der Waals surface area (Å²) in [5.41, 5.74) is -0.413. The maximum atomic E-state index is 12.2. The number of hydrogen-bond acceptors (Lipinski definition) is 3. The van der Waals surface area contributed by atoms with Gasteiger partial charge in [-0.05, 0) is 30.7 Å². The first-order valence-corrected chi connectivity index (χ1v) is 7.99. The Bertz CT molecular complexity index is 420. The van der Waals surface area contributed by atoms with Crippen LogP contribution < -0.4 is 5.32 Å². The fourth-order valence-corrected chi connectivity index (χ4v) is 3.75. The standard InChI is InChI=1S/C16H28N2O3/c1-10(2)9-18-7-5-6-11(18)8-17-14(19)12-13(15(20)21)16(12,3)4/h10-13H,5-9H2,1-4H3,(H,17,19)(H,20,21)/t11-,12+,13-/m1/s1. The third kappa shape index (κ3) is 3.39. The van der Waals surface area contributed by atoms with Crippen molar-refractivity contribution in [3.8, 4) is 0 Å². The summed E-state index contributed by atoms with van der Waals surface area (Å²) in [4.78, 5) is 25.8. The molecule has 1 saturated heterocycles. The SMILES string of the molecule is CC(C)CN1CCC[C@@H]1CNC(=O)[C@@H]1[C@H](C(=O)O)C1(C)C. The average molecular weight is 296 g/mol. The van der Waals surface area contributed by atoms with Gasteiger partial charge in [0.1, 0.15) is 0 Å². The highest BCUT2D eigenvalue weighted by Gasteiger charge is 2.65. The lowest BCUT2D eigenvalue weighted by Crippen LogP contribution is -2.42. The first-order valence-electron chi connectivity index (χ1n) is 7.99. The van der Waals surface area contributed by atoms with Crippen LogP contribution in [0.2, 0.25) is 0 Å². The lowest BCUT2D eigenvalue weighted by atomic mass is 10.1. The highest BCUT2D eigenvalue weighted by Crippen LogP contribution is 2.58. The van der Waals surface area contributed by atoms with E-state index in [1.807, 2.05) is 13.8 Å². The summed E-state index contributed by atoms with van der Waals surface area (Å²) < 4.78 is 0. The van der Waals surface area contributed by atoms with Gasteiger partial charge in [-0.15, -0.1) is 0 Å². The van der Waals surface area contributed by atoms with Gasteiger partial charge in [0, 0.05) is 19.1 Å². The molecule has 2 N–H and O–H groups in total. The number of carbonyl (C=O) groups is 2. The van der Waals surface area contributed by atoms with E-state index in [1.165, 1.54) is 6.42 Å². The minimum Gasteiger partial charge on any atom is -0.481 e. The van der Waals surface area contributed by atoms with Crippen molar-refractivity contribution in [2.45, 2.75) is 46.6 Å². The number of carboxylic acids is 1. The van der Waals surface area contributed by atoms with Gasteiger partial charge in [-0.1, -0.05) is 27.7 Å². The van der Waals surface area contributed by atoms with Crippen molar-refractivity contribution in [3.05, 3.63) is 0 Å². The van der Waals surface area contributed by atoms with E-state index < -0.39 is 17.3 Å². The van der Waals surface area contributed by atoms with Crippen LogP contribution in [0.25, 0.3) is 0 Å². The third-order valence-corrected chi connectivity index (χ3v) is 4.99. The monoisotopic (exact) mass is 296 g/mol. The van der Waals surface area contributed by atoms with Crippen LogP contribution in [-0.4, -0.2) is 47.6 Å². The fourth-order valence-electron chi connectivity index (χ4n) is 3.75. The predicted octanol–water partition coefficient (Wildman–Crippen LogP) is 1.58. The first kappa shape index (κ1) is 16.3. The number of rotatable bonds is 6. The van der Waals surface area contributed by atoms with E-state index in [2.05, 4.69) is 24.1 Å². The molecule has 0 aromatic heterocycles. The molecule has 120 valence electrons. The number of hydrogen-bond donors (Lipinski definition) is 2. The molecule has 0 spiro atoms. The molecule has 0 unspecified atom stereocenters. The van der Waals surface area contributed by atoms with Crippen LogP contribution in [0.4, 0.5) is 0 Å².